The number of pyridine rings is 2. The van der Waals surface area contributed by atoms with Gasteiger partial charge < -0.3 is 24.6 Å². The molecule has 8 heteroatoms. The van der Waals surface area contributed by atoms with Crippen LogP contribution in [0.15, 0.2) is 60.8 Å². The van der Waals surface area contributed by atoms with Crippen LogP contribution in [0.2, 0.25) is 0 Å². The largest absolute Gasteiger partial charge is 0.378 e. The van der Waals surface area contributed by atoms with Gasteiger partial charge in [0.1, 0.15) is 5.82 Å². The molecule has 0 amide bonds. The molecule has 2 aliphatic rings. The molecule has 2 aliphatic heterocycles. The van der Waals surface area contributed by atoms with Crippen LogP contribution in [0.25, 0.3) is 22.3 Å². The fourth-order valence-electron chi connectivity index (χ4n) is 5.10. The van der Waals surface area contributed by atoms with Crippen molar-refractivity contribution in [1.82, 2.24) is 9.97 Å². The monoisotopic (exact) mass is 499 g/mol. The minimum atomic E-state index is -0.315. The predicted molar refractivity (Wildman–Crippen MR) is 145 cm³/mol. The Morgan fingerprint density at radius 2 is 1.62 bits per heavy atom. The third-order valence-corrected chi connectivity index (χ3v) is 7.07. The lowest BCUT2D eigenvalue weighted by atomic mass is 10.0. The van der Waals surface area contributed by atoms with Crippen LogP contribution >= 0.6 is 0 Å². The third kappa shape index (κ3) is 4.82. The summed E-state index contributed by atoms with van der Waals surface area (Å²) in [5, 5.41) is 4.62. The first-order valence-corrected chi connectivity index (χ1v) is 12.7. The highest BCUT2D eigenvalue weighted by Crippen LogP contribution is 2.39. The van der Waals surface area contributed by atoms with Crippen LogP contribution in [0, 0.1) is 12.7 Å². The average Bonchev–Trinajstić information content (AvgIpc) is 2.95. The Balaban J connectivity index is 1.49. The van der Waals surface area contributed by atoms with Gasteiger partial charge in [-0.2, -0.15) is 0 Å². The van der Waals surface area contributed by atoms with E-state index in [0.717, 1.165) is 84.5 Å². The Labute approximate surface area is 215 Å². The molecule has 0 bridgehead atoms. The summed E-state index contributed by atoms with van der Waals surface area (Å²) >= 11 is 0. The van der Waals surface area contributed by atoms with Gasteiger partial charge in [0.2, 0.25) is 0 Å². The molecule has 2 aromatic heterocycles. The summed E-state index contributed by atoms with van der Waals surface area (Å²) < 4.78 is 25.5. The number of hydrogen-bond acceptors (Lipinski definition) is 7. The van der Waals surface area contributed by atoms with E-state index in [-0.39, 0.29) is 5.82 Å². The van der Waals surface area contributed by atoms with Crippen LogP contribution < -0.4 is 15.1 Å². The van der Waals surface area contributed by atoms with Gasteiger partial charge in [0.05, 0.1) is 60.4 Å². The Morgan fingerprint density at radius 3 is 2.35 bits per heavy atom. The maximum absolute atomic E-state index is 14.3. The van der Waals surface area contributed by atoms with Gasteiger partial charge in [-0.05, 0) is 49.4 Å². The van der Waals surface area contributed by atoms with Crippen molar-refractivity contribution < 1.29 is 13.9 Å². The molecule has 0 radical (unpaired) electrons. The van der Waals surface area contributed by atoms with E-state index < -0.39 is 0 Å². The Hall–Kier alpha value is -3.75. The molecule has 190 valence electrons. The summed E-state index contributed by atoms with van der Waals surface area (Å²) in [5.74, 6) is -0.315. The van der Waals surface area contributed by atoms with Crippen molar-refractivity contribution in [2.24, 2.45) is 0 Å². The fourth-order valence-corrected chi connectivity index (χ4v) is 5.10. The number of rotatable bonds is 5. The third-order valence-electron chi connectivity index (χ3n) is 7.07. The SMILES string of the molecule is Cc1c(-c2ccccn2)nc2cc(F)ccc2c1Nc1cc(N2CCOCC2)ccc1N1CCOCC1. The fraction of sp³-hybridized carbons (Fsp3) is 0.310. The second kappa shape index (κ2) is 10.3. The minimum absolute atomic E-state index is 0.315. The number of ether oxygens (including phenoxy) is 2. The van der Waals surface area contributed by atoms with Crippen LogP contribution in [-0.2, 0) is 9.47 Å². The van der Waals surface area contributed by atoms with Gasteiger partial charge in [0.15, 0.2) is 0 Å². The molecule has 0 unspecified atom stereocenters. The molecule has 0 saturated carbocycles. The molecule has 2 fully saturated rings. The maximum Gasteiger partial charge on any atom is 0.125 e. The highest BCUT2D eigenvalue weighted by atomic mass is 19.1. The summed E-state index contributed by atoms with van der Waals surface area (Å²) in [5.41, 5.74) is 7.20. The number of hydrogen-bond donors (Lipinski definition) is 1. The lowest BCUT2D eigenvalue weighted by Crippen LogP contribution is -2.37. The van der Waals surface area contributed by atoms with E-state index in [1.54, 1.807) is 12.3 Å². The Morgan fingerprint density at radius 1 is 0.865 bits per heavy atom. The number of morpholine rings is 2. The zero-order valence-corrected chi connectivity index (χ0v) is 20.9. The Bertz CT molecular complexity index is 1400. The van der Waals surface area contributed by atoms with E-state index in [0.29, 0.717) is 18.7 Å². The highest BCUT2D eigenvalue weighted by molar-refractivity contribution is 5.99. The predicted octanol–water partition coefficient (Wildman–Crippen LogP) is 5.16. The normalized spacial score (nSPS) is 16.3. The molecule has 1 N–H and O–H groups in total. The molecular formula is C29H30FN5O2. The number of halogens is 1. The number of nitrogens with one attached hydrogen (secondary N) is 1. The quantitative estimate of drug-likeness (QED) is 0.407. The number of anilines is 4. The van der Waals surface area contributed by atoms with Crippen molar-refractivity contribution >= 4 is 33.7 Å². The molecule has 2 saturated heterocycles. The zero-order chi connectivity index (χ0) is 25.2. The lowest BCUT2D eigenvalue weighted by molar-refractivity contribution is 0.122. The van der Waals surface area contributed by atoms with E-state index in [9.17, 15) is 4.39 Å². The van der Waals surface area contributed by atoms with Gasteiger partial charge in [-0.3, -0.25) is 4.98 Å². The molecule has 6 rings (SSSR count). The molecule has 0 atom stereocenters. The number of benzene rings is 2. The molecule has 0 aliphatic carbocycles. The first-order chi connectivity index (χ1) is 18.2. The van der Waals surface area contributed by atoms with E-state index in [4.69, 9.17) is 14.5 Å². The summed E-state index contributed by atoms with van der Waals surface area (Å²) in [6.07, 6.45) is 1.75. The molecule has 37 heavy (non-hydrogen) atoms. The van der Waals surface area contributed by atoms with Crippen molar-refractivity contribution in [3.05, 3.63) is 72.2 Å². The van der Waals surface area contributed by atoms with Crippen LogP contribution in [0.5, 0.6) is 0 Å². The van der Waals surface area contributed by atoms with Crippen molar-refractivity contribution in [1.29, 1.82) is 0 Å². The topological polar surface area (TPSA) is 62.8 Å². The maximum atomic E-state index is 14.3. The van der Waals surface area contributed by atoms with Crippen molar-refractivity contribution in [2.45, 2.75) is 6.92 Å². The average molecular weight is 500 g/mol. The summed E-state index contributed by atoms with van der Waals surface area (Å²) in [6.45, 7) is 8.26. The second-order valence-corrected chi connectivity index (χ2v) is 9.36. The van der Waals surface area contributed by atoms with Gasteiger partial charge in [-0.25, -0.2) is 9.37 Å². The summed E-state index contributed by atoms with van der Waals surface area (Å²) in [6, 6.07) is 17.1. The standard InChI is InChI=1S/C29H30FN5O2/c1-20-28(23-7-5-21(30)18-25(23)32-29(20)24-4-2-3-9-31-24)33-26-19-22(34-10-14-36-15-11-34)6-8-27(26)35-12-16-37-17-13-35/h2-9,18-19H,10-17H2,1H3,(H,32,33). The van der Waals surface area contributed by atoms with Crippen molar-refractivity contribution in [2.75, 3.05) is 67.7 Å². The van der Waals surface area contributed by atoms with Gasteiger partial charge in [0, 0.05) is 55.1 Å². The molecule has 0 spiro atoms. The van der Waals surface area contributed by atoms with Crippen LogP contribution in [0.1, 0.15) is 5.56 Å². The van der Waals surface area contributed by atoms with E-state index in [2.05, 4.69) is 38.3 Å². The number of nitrogens with zero attached hydrogens (tertiary/aromatic N) is 4. The smallest absolute Gasteiger partial charge is 0.125 e. The lowest BCUT2D eigenvalue weighted by Gasteiger charge is -2.33. The molecule has 4 aromatic rings. The molecule has 4 heterocycles. The van der Waals surface area contributed by atoms with Gasteiger partial charge in [-0.1, -0.05) is 6.07 Å². The van der Waals surface area contributed by atoms with Crippen LogP contribution in [-0.4, -0.2) is 62.6 Å². The van der Waals surface area contributed by atoms with E-state index in [1.807, 2.05) is 25.1 Å². The van der Waals surface area contributed by atoms with Gasteiger partial charge in [0.25, 0.3) is 0 Å². The molecule has 2 aromatic carbocycles. The second-order valence-electron chi connectivity index (χ2n) is 9.36. The summed E-state index contributed by atoms with van der Waals surface area (Å²) in [4.78, 5) is 14.1. The molecule has 7 nitrogen and oxygen atoms in total. The summed E-state index contributed by atoms with van der Waals surface area (Å²) in [7, 11) is 0. The van der Waals surface area contributed by atoms with Crippen LogP contribution in [0.3, 0.4) is 0 Å². The van der Waals surface area contributed by atoms with Gasteiger partial charge in [-0.15, -0.1) is 0 Å². The van der Waals surface area contributed by atoms with Gasteiger partial charge >= 0.3 is 0 Å². The molecular weight excluding hydrogens is 469 g/mol. The Kier molecular flexibility index (Phi) is 6.59. The number of fused-ring (bicyclic) bond motifs is 1. The first kappa shape index (κ1) is 23.6. The van der Waals surface area contributed by atoms with Crippen molar-refractivity contribution in [3.63, 3.8) is 0 Å². The van der Waals surface area contributed by atoms with E-state index in [1.165, 1.54) is 12.1 Å². The highest BCUT2D eigenvalue weighted by Gasteiger charge is 2.21. The first-order valence-electron chi connectivity index (χ1n) is 12.7. The zero-order valence-electron chi connectivity index (χ0n) is 20.9. The van der Waals surface area contributed by atoms with Crippen LogP contribution in [0.4, 0.5) is 27.1 Å². The number of aromatic nitrogens is 2. The minimum Gasteiger partial charge on any atom is -0.378 e. The van der Waals surface area contributed by atoms with E-state index >= 15 is 0 Å². The van der Waals surface area contributed by atoms with Crippen molar-refractivity contribution in [3.8, 4) is 11.4 Å².